The van der Waals surface area contributed by atoms with Gasteiger partial charge in [0.15, 0.2) is 0 Å². The van der Waals surface area contributed by atoms with Crippen LogP contribution in [-0.2, 0) is 25.5 Å². The number of rotatable bonds is 9. The molecule has 8 heteroatoms. The van der Waals surface area contributed by atoms with Crippen LogP contribution in [0.25, 0.3) is 0 Å². The van der Waals surface area contributed by atoms with Crippen molar-refractivity contribution in [1.82, 2.24) is 5.32 Å². The highest BCUT2D eigenvalue weighted by molar-refractivity contribution is 5.75. The van der Waals surface area contributed by atoms with E-state index in [0.717, 1.165) is 18.4 Å². The van der Waals surface area contributed by atoms with Gasteiger partial charge in [0, 0.05) is 13.8 Å². The van der Waals surface area contributed by atoms with Crippen molar-refractivity contribution in [2.75, 3.05) is 6.54 Å². The number of hydrogen-bond acceptors (Lipinski definition) is 6. The first-order chi connectivity index (χ1) is 11.8. The summed E-state index contributed by atoms with van der Waals surface area (Å²) in [6, 6.07) is 7.12. The Kier molecular flexibility index (Phi) is 8.25. The van der Waals surface area contributed by atoms with Crippen molar-refractivity contribution in [3.63, 3.8) is 0 Å². The van der Waals surface area contributed by atoms with E-state index in [1.165, 1.54) is 13.8 Å². The van der Waals surface area contributed by atoms with E-state index in [0.29, 0.717) is 5.75 Å². The molecule has 0 spiro atoms. The fourth-order valence-electron chi connectivity index (χ4n) is 2.03. The number of carbonyl (C=O) groups excluding carboxylic acids is 2. The number of carbonyl (C=O) groups is 3. The van der Waals surface area contributed by atoms with Gasteiger partial charge in [-0.15, -0.1) is 0 Å². The summed E-state index contributed by atoms with van der Waals surface area (Å²) in [6.45, 7) is 4.28. The standard InChI is InChI=1S/C17H23NO7/c1-4-6-13-7-5-8-14(9-13)25-15(16(20)21)10-18-17(22)24-12(3)23-11(2)19/h5,7-9,12,15H,4,6,10H2,1-3H3,(H,18,22)(H,20,21)/t12-,15+/m1/s1. The largest absolute Gasteiger partial charge is 0.478 e. The number of amides is 1. The number of carboxylic acids is 1. The van der Waals surface area contributed by atoms with E-state index in [4.69, 9.17) is 9.47 Å². The van der Waals surface area contributed by atoms with Gasteiger partial charge < -0.3 is 24.6 Å². The zero-order chi connectivity index (χ0) is 18.8. The molecule has 0 fully saturated rings. The fourth-order valence-corrected chi connectivity index (χ4v) is 2.03. The summed E-state index contributed by atoms with van der Waals surface area (Å²) in [4.78, 5) is 33.6. The van der Waals surface area contributed by atoms with Crippen LogP contribution in [0.4, 0.5) is 4.79 Å². The average molecular weight is 353 g/mol. The highest BCUT2D eigenvalue weighted by atomic mass is 16.7. The SMILES string of the molecule is CCCc1cccc(O[C@@H](CNC(=O)O[C@H](C)OC(C)=O)C(=O)O)c1. The Morgan fingerprint density at radius 2 is 1.96 bits per heavy atom. The summed E-state index contributed by atoms with van der Waals surface area (Å²) < 4.78 is 14.8. The predicted molar refractivity (Wildman–Crippen MR) is 88.2 cm³/mol. The van der Waals surface area contributed by atoms with Crippen LogP contribution in [0.5, 0.6) is 5.75 Å². The highest BCUT2D eigenvalue weighted by Gasteiger charge is 2.22. The van der Waals surface area contributed by atoms with Crippen LogP contribution in [-0.4, -0.2) is 42.1 Å². The molecule has 0 aliphatic carbocycles. The summed E-state index contributed by atoms with van der Waals surface area (Å²) >= 11 is 0. The van der Waals surface area contributed by atoms with Gasteiger partial charge in [0.1, 0.15) is 5.75 Å². The summed E-state index contributed by atoms with van der Waals surface area (Å²) in [5.74, 6) is -1.42. The Bertz CT molecular complexity index is 602. The molecule has 1 aromatic rings. The molecule has 1 rings (SSSR count). The number of hydrogen-bond donors (Lipinski definition) is 2. The van der Waals surface area contributed by atoms with Crippen LogP contribution in [0, 0.1) is 0 Å². The maximum atomic E-state index is 11.6. The van der Waals surface area contributed by atoms with Crippen molar-refractivity contribution in [3.8, 4) is 5.75 Å². The average Bonchev–Trinajstić information content (AvgIpc) is 2.51. The Balaban J connectivity index is 2.57. The van der Waals surface area contributed by atoms with E-state index in [-0.39, 0.29) is 6.54 Å². The van der Waals surface area contributed by atoms with Crippen LogP contribution < -0.4 is 10.1 Å². The Hall–Kier alpha value is -2.77. The minimum atomic E-state index is -1.28. The van der Waals surface area contributed by atoms with Gasteiger partial charge >= 0.3 is 18.0 Å². The molecule has 1 aromatic carbocycles. The van der Waals surface area contributed by atoms with Gasteiger partial charge in [0.05, 0.1) is 6.54 Å². The minimum Gasteiger partial charge on any atom is -0.478 e. The van der Waals surface area contributed by atoms with E-state index < -0.39 is 30.4 Å². The molecule has 0 radical (unpaired) electrons. The van der Waals surface area contributed by atoms with Gasteiger partial charge in [-0.25, -0.2) is 9.59 Å². The molecular weight excluding hydrogens is 330 g/mol. The molecule has 0 unspecified atom stereocenters. The molecule has 1 amide bonds. The number of aryl methyl sites for hydroxylation is 1. The molecule has 0 aromatic heterocycles. The lowest BCUT2D eigenvalue weighted by Crippen LogP contribution is -2.41. The normalized spacial score (nSPS) is 12.6. The van der Waals surface area contributed by atoms with E-state index in [2.05, 4.69) is 10.1 Å². The molecule has 0 aliphatic heterocycles. The monoisotopic (exact) mass is 353 g/mol. The first kappa shape index (κ1) is 20.3. The molecule has 0 saturated carbocycles. The maximum Gasteiger partial charge on any atom is 0.410 e. The molecule has 0 heterocycles. The summed E-state index contributed by atoms with van der Waals surface area (Å²) in [5, 5.41) is 11.5. The summed E-state index contributed by atoms with van der Waals surface area (Å²) in [5.41, 5.74) is 1.03. The van der Waals surface area contributed by atoms with Gasteiger partial charge in [-0.3, -0.25) is 4.79 Å². The van der Waals surface area contributed by atoms with Gasteiger partial charge in [-0.05, 0) is 24.1 Å². The van der Waals surface area contributed by atoms with Crippen LogP contribution in [0.3, 0.4) is 0 Å². The van der Waals surface area contributed by atoms with E-state index in [1.54, 1.807) is 18.2 Å². The predicted octanol–water partition coefficient (Wildman–Crippen LogP) is 2.11. The second-order valence-corrected chi connectivity index (χ2v) is 5.31. The first-order valence-electron chi connectivity index (χ1n) is 7.92. The zero-order valence-electron chi connectivity index (χ0n) is 14.5. The number of alkyl carbamates (subject to hydrolysis) is 1. The zero-order valence-corrected chi connectivity index (χ0v) is 14.5. The third-order valence-corrected chi connectivity index (χ3v) is 3.03. The minimum absolute atomic E-state index is 0.307. The van der Waals surface area contributed by atoms with E-state index in [9.17, 15) is 19.5 Å². The number of benzene rings is 1. The van der Waals surface area contributed by atoms with Crippen molar-refractivity contribution in [3.05, 3.63) is 29.8 Å². The second-order valence-electron chi connectivity index (χ2n) is 5.31. The smallest absolute Gasteiger partial charge is 0.410 e. The van der Waals surface area contributed by atoms with Gasteiger partial charge in [0.25, 0.3) is 0 Å². The van der Waals surface area contributed by atoms with Crippen LogP contribution >= 0.6 is 0 Å². The molecule has 0 saturated heterocycles. The van der Waals surface area contributed by atoms with Crippen molar-refractivity contribution in [1.29, 1.82) is 0 Å². The number of nitrogens with one attached hydrogen (secondary N) is 1. The highest BCUT2D eigenvalue weighted by Crippen LogP contribution is 2.16. The Labute approximate surface area is 146 Å². The number of aliphatic carboxylic acids is 1. The molecule has 2 atom stereocenters. The molecule has 0 aliphatic rings. The van der Waals surface area contributed by atoms with Crippen molar-refractivity contribution in [2.24, 2.45) is 0 Å². The molecular formula is C17H23NO7. The lowest BCUT2D eigenvalue weighted by atomic mass is 10.1. The third kappa shape index (κ3) is 8.05. The summed E-state index contributed by atoms with van der Waals surface area (Å²) in [7, 11) is 0. The molecule has 25 heavy (non-hydrogen) atoms. The molecule has 138 valence electrons. The lowest BCUT2D eigenvalue weighted by molar-refractivity contribution is -0.162. The number of carboxylic acid groups (broad SMARTS) is 1. The van der Waals surface area contributed by atoms with Crippen molar-refractivity contribution in [2.45, 2.75) is 46.0 Å². The summed E-state index contributed by atoms with van der Waals surface area (Å²) in [6.07, 6.45) is -1.46. The number of esters is 1. The Morgan fingerprint density at radius 3 is 2.56 bits per heavy atom. The van der Waals surface area contributed by atoms with Gasteiger partial charge in [-0.1, -0.05) is 25.5 Å². The van der Waals surface area contributed by atoms with E-state index in [1.807, 2.05) is 13.0 Å². The van der Waals surface area contributed by atoms with Crippen LogP contribution in [0.2, 0.25) is 0 Å². The molecule has 8 nitrogen and oxygen atoms in total. The molecule has 0 bridgehead atoms. The first-order valence-corrected chi connectivity index (χ1v) is 7.92. The number of ether oxygens (including phenoxy) is 3. The van der Waals surface area contributed by atoms with Crippen molar-refractivity contribution >= 4 is 18.0 Å². The topological polar surface area (TPSA) is 111 Å². The van der Waals surface area contributed by atoms with Crippen molar-refractivity contribution < 1.29 is 33.7 Å². The molecule has 2 N–H and O–H groups in total. The Morgan fingerprint density at radius 1 is 1.24 bits per heavy atom. The fraction of sp³-hybridized carbons (Fsp3) is 0.471. The van der Waals surface area contributed by atoms with Gasteiger partial charge in [-0.2, -0.15) is 0 Å². The van der Waals surface area contributed by atoms with Crippen LogP contribution in [0.1, 0.15) is 32.8 Å². The quantitative estimate of drug-likeness (QED) is 0.516. The van der Waals surface area contributed by atoms with E-state index >= 15 is 0 Å². The van der Waals surface area contributed by atoms with Crippen LogP contribution in [0.15, 0.2) is 24.3 Å². The maximum absolute atomic E-state index is 11.6. The van der Waals surface area contributed by atoms with Gasteiger partial charge in [0.2, 0.25) is 12.4 Å². The third-order valence-electron chi connectivity index (χ3n) is 3.03. The second kappa shape index (κ2) is 10.2. The lowest BCUT2D eigenvalue weighted by Gasteiger charge is -2.17.